The monoisotopic (exact) mass is 508 g/mol. The number of hydrogen-bond donors (Lipinski definition) is 2. The molecule has 0 aliphatic carbocycles. The fraction of sp³-hybridized carbons (Fsp3) is 0.269. The van der Waals surface area contributed by atoms with E-state index in [-0.39, 0.29) is 22.2 Å². The zero-order valence-corrected chi connectivity index (χ0v) is 21.2. The maximum Gasteiger partial charge on any atom is 0.270 e. The number of rotatable bonds is 7. The lowest BCUT2D eigenvalue weighted by Crippen LogP contribution is -2.43. The lowest BCUT2D eigenvalue weighted by atomic mass is 9.98. The normalized spacial score (nSPS) is 14.1. The van der Waals surface area contributed by atoms with Gasteiger partial charge in [0, 0.05) is 31.9 Å². The van der Waals surface area contributed by atoms with Crippen LogP contribution in [0.3, 0.4) is 0 Å². The molecule has 1 aliphatic rings. The summed E-state index contributed by atoms with van der Waals surface area (Å²) in [5.41, 5.74) is 4.68. The molecule has 0 bridgehead atoms. The third-order valence-electron chi connectivity index (χ3n) is 6.34. The molecule has 1 fully saturated rings. The molecule has 10 heteroatoms. The van der Waals surface area contributed by atoms with E-state index in [2.05, 4.69) is 44.4 Å². The highest BCUT2D eigenvalue weighted by Gasteiger charge is 2.27. The number of anilines is 2. The summed E-state index contributed by atoms with van der Waals surface area (Å²) >= 11 is 0. The fourth-order valence-electron chi connectivity index (χ4n) is 4.53. The number of piperazine rings is 1. The molecule has 5 rings (SSSR count). The molecular weight excluding hydrogens is 480 g/mol. The van der Waals surface area contributed by atoms with Crippen LogP contribution in [0.5, 0.6) is 11.5 Å². The van der Waals surface area contributed by atoms with Crippen molar-refractivity contribution in [1.82, 2.24) is 10.5 Å². The van der Waals surface area contributed by atoms with Gasteiger partial charge in [-0.1, -0.05) is 23.4 Å². The van der Waals surface area contributed by atoms with E-state index in [1.54, 1.807) is 18.2 Å². The standard InChI is InChI=1S/C26H28N4O5S/c1-17-14-21-24(16-20(17)18-6-4-7-19(15-18)30-12-10-27-11-13-30)35-28-26(21)29-36(31,32)25-22(33-2)8-5-9-23(25)34-3/h4-9,14-16,27H,10-13H2,1-3H3,(H,28,29). The molecule has 0 amide bonds. The van der Waals surface area contributed by atoms with Crippen LogP contribution in [0, 0.1) is 6.92 Å². The first kappa shape index (κ1) is 24.0. The van der Waals surface area contributed by atoms with Crippen LogP contribution in [-0.4, -0.2) is 54.0 Å². The summed E-state index contributed by atoms with van der Waals surface area (Å²) in [6.07, 6.45) is 0. The lowest BCUT2D eigenvalue weighted by Gasteiger charge is -2.29. The van der Waals surface area contributed by atoms with E-state index in [0.717, 1.165) is 42.9 Å². The van der Waals surface area contributed by atoms with Gasteiger partial charge in [-0.25, -0.2) is 8.42 Å². The molecule has 3 aromatic carbocycles. The largest absolute Gasteiger partial charge is 0.495 e. The number of sulfonamides is 1. The molecule has 1 saturated heterocycles. The highest BCUT2D eigenvalue weighted by Crippen LogP contribution is 2.37. The van der Waals surface area contributed by atoms with Crippen molar-refractivity contribution in [3.8, 4) is 22.6 Å². The molecule has 0 radical (unpaired) electrons. The van der Waals surface area contributed by atoms with E-state index >= 15 is 0 Å². The van der Waals surface area contributed by atoms with Crippen molar-refractivity contribution in [3.63, 3.8) is 0 Å². The highest BCUT2D eigenvalue weighted by molar-refractivity contribution is 7.93. The minimum atomic E-state index is -4.09. The van der Waals surface area contributed by atoms with Gasteiger partial charge in [0.15, 0.2) is 16.3 Å². The molecule has 0 saturated carbocycles. The molecule has 2 heterocycles. The van der Waals surface area contributed by atoms with Crippen molar-refractivity contribution < 1.29 is 22.4 Å². The summed E-state index contributed by atoms with van der Waals surface area (Å²) < 4.78 is 45.2. The third kappa shape index (κ3) is 4.45. The van der Waals surface area contributed by atoms with Crippen LogP contribution < -0.4 is 24.4 Å². The van der Waals surface area contributed by atoms with Gasteiger partial charge in [0.05, 0.1) is 19.6 Å². The van der Waals surface area contributed by atoms with Crippen molar-refractivity contribution in [1.29, 1.82) is 0 Å². The van der Waals surface area contributed by atoms with Gasteiger partial charge in [0.2, 0.25) is 0 Å². The Kier molecular flexibility index (Phi) is 6.46. The van der Waals surface area contributed by atoms with E-state index < -0.39 is 10.0 Å². The second kappa shape index (κ2) is 9.71. The summed E-state index contributed by atoms with van der Waals surface area (Å²) in [4.78, 5) is 2.26. The molecule has 0 spiro atoms. The van der Waals surface area contributed by atoms with E-state index in [1.807, 2.05) is 19.1 Å². The van der Waals surface area contributed by atoms with Crippen LogP contribution in [-0.2, 0) is 10.0 Å². The van der Waals surface area contributed by atoms with Crippen LogP contribution in [0.15, 0.2) is 64.0 Å². The highest BCUT2D eigenvalue weighted by atomic mass is 32.2. The van der Waals surface area contributed by atoms with Gasteiger partial charge >= 0.3 is 0 Å². The molecular formula is C26H28N4O5S. The molecule has 4 aromatic rings. The number of ether oxygens (including phenoxy) is 2. The predicted molar refractivity (Wildman–Crippen MR) is 140 cm³/mol. The molecule has 2 N–H and O–H groups in total. The van der Waals surface area contributed by atoms with Crippen molar-refractivity contribution >= 4 is 32.5 Å². The first-order chi connectivity index (χ1) is 17.4. The Morgan fingerprint density at radius 2 is 1.69 bits per heavy atom. The van der Waals surface area contributed by atoms with Crippen LogP contribution in [0.2, 0.25) is 0 Å². The van der Waals surface area contributed by atoms with Crippen LogP contribution in [0.1, 0.15) is 5.56 Å². The molecule has 36 heavy (non-hydrogen) atoms. The van der Waals surface area contributed by atoms with E-state index in [4.69, 9.17) is 14.0 Å². The topological polar surface area (TPSA) is 106 Å². The average Bonchev–Trinajstić information content (AvgIpc) is 3.28. The summed E-state index contributed by atoms with van der Waals surface area (Å²) in [7, 11) is -1.28. The van der Waals surface area contributed by atoms with Gasteiger partial charge in [-0.3, -0.25) is 4.72 Å². The number of fused-ring (bicyclic) bond motifs is 1. The van der Waals surface area contributed by atoms with Gasteiger partial charge < -0.3 is 24.2 Å². The Labute approximate surface area is 210 Å². The summed E-state index contributed by atoms with van der Waals surface area (Å²) in [6.45, 7) is 5.84. The minimum Gasteiger partial charge on any atom is -0.495 e. The Morgan fingerprint density at radius 3 is 2.39 bits per heavy atom. The summed E-state index contributed by atoms with van der Waals surface area (Å²) in [6, 6.07) is 17.0. The van der Waals surface area contributed by atoms with E-state index in [9.17, 15) is 8.42 Å². The number of aryl methyl sites for hydroxylation is 1. The summed E-state index contributed by atoms with van der Waals surface area (Å²) in [5.74, 6) is 0.428. The van der Waals surface area contributed by atoms with Gasteiger partial charge in [-0.05, 0) is 60.0 Å². The second-order valence-corrected chi connectivity index (χ2v) is 10.2. The van der Waals surface area contributed by atoms with Crippen LogP contribution in [0.4, 0.5) is 11.5 Å². The van der Waals surface area contributed by atoms with E-state index in [0.29, 0.717) is 11.0 Å². The zero-order valence-electron chi connectivity index (χ0n) is 20.4. The third-order valence-corrected chi connectivity index (χ3v) is 7.74. The molecule has 0 unspecified atom stereocenters. The van der Waals surface area contributed by atoms with Crippen LogP contribution >= 0.6 is 0 Å². The Bertz CT molecular complexity index is 1490. The Balaban J connectivity index is 1.50. The molecule has 188 valence electrons. The smallest absolute Gasteiger partial charge is 0.270 e. The van der Waals surface area contributed by atoms with Gasteiger partial charge in [-0.2, -0.15) is 0 Å². The second-order valence-electron chi connectivity index (χ2n) is 8.58. The van der Waals surface area contributed by atoms with Crippen molar-refractivity contribution in [2.24, 2.45) is 0 Å². The SMILES string of the molecule is COc1cccc(OC)c1S(=O)(=O)Nc1noc2cc(-c3cccc(N4CCNCC4)c3)c(C)cc12. The number of hydrogen-bond acceptors (Lipinski definition) is 8. The van der Waals surface area contributed by atoms with Gasteiger partial charge in [-0.15, -0.1) is 0 Å². The first-order valence-corrected chi connectivity index (χ1v) is 13.1. The average molecular weight is 509 g/mol. The number of methoxy groups -OCH3 is 2. The number of aromatic nitrogens is 1. The number of nitrogens with zero attached hydrogens (tertiary/aromatic N) is 2. The minimum absolute atomic E-state index is 0.0992. The maximum absolute atomic E-state index is 13.3. The van der Waals surface area contributed by atoms with Crippen molar-refractivity contribution in [2.75, 3.05) is 50.0 Å². The zero-order chi connectivity index (χ0) is 25.3. The molecule has 9 nitrogen and oxygen atoms in total. The fourth-order valence-corrected chi connectivity index (χ4v) is 5.87. The first-order valence-electron chi connectivity index (χ1n) is 11.6. The Hall–Kier alpha value is -3.76. The van der Waals surface area contributed by atoms with Crippen LogP contribution in [0.25, 0.3) is 22.1 Å². The van der Waals surface area contributed by atoms with Gasteiger partial charge in [0.1, 0.15) is 11.5 Å². The molecule has 0 atom stereocenters. The molecule has 1 aliphatic heterocycles. The number of benzene rings is 3. The molecule has 1 aromatic heterocycles. The van der Waals surface area contributed by atoms with E-state index in [1.165, 1.54) is 19.9 Å². The number of nitrogens with one attached hydrogen (secondary N) is 2. The Morgan fingerprint density at radius 1 is 1.00 bits per heavy atom. The predicted octanol–water partition coefficient (Wildman–Crippen LogP) is 4.03. The lowest BCUT2D eigenvalue weighted by molar-refractivity contribution is 0.373. The van der Waals surface area contributed by atoms with Gasteiger partial charge in [0.25, 0.3) is 10.0 Å². The quantitative estimate of drug-likeness (QED) is 0.386. The maximum atomic E-state index is 13.3. The van der Waals surface area contributed by atoms with Crippen molar-refractivity contribution in [3.05, 3.63) is 60.2 Å². The van der Waals surface area contributed by atoms with Crippen molar-refractivity contribution in [2.45, 2.75) is 11.8 Å². The summed E-state index contributed by atoms with van der Waals surface area (Å²) in [5, 5.41) is 7.96.